The third-order valence-electron chi connectivity index (χ3n) is 9.48. The van der Waals surface area contributed by atoms with Gasteiger partial charge >= 0.3 is 5.97 Å². The molecule has 1 aromatic carbocycles. The topological polar surface area (TPSA) is 127 Å². The lowest BCUT2D eigenvalue weighted by atomic mass is 9.73. The maximum absolute atomic E-state index is 14.7. The Bertz CT molecular complexity index is 1450. The number of carbonyl (C=O) groups is 3. The van der Waals surface area contributed by atoms with Gasteiger partial charge in [-0.15, -0.1) is 5.10 Å². The van der Waals surface area contributed by atoms with Crippen molar-refractivity contribution in [2.24, 2.45) is 17.8 Å². The number of aliphatic hydroxyl groups is 1. The summed E-state index contributed by atoms with van der Waals surface area (Å²) in [7, 11) is 0. The molecule has 0 bridgehead atoms. The molecule has 0 aliphatic carbocycles. The fraction of sp³-hybridized carbons (Fsp3) is 0.594. The number of ether oxygens (including phenoxy) is 2. The van der Waals surface area contributed by atoms with Gasteiger partial charge in [0.1, 0.15) is 35.3 Å². The number of nitrogens with zero attached hydrogens (tertiary/aromatic N) is 5. The molecule has 2 aromatic rings. The van der Waals surface area contributed by atoms with Crippen molar-refractivity contribution in [1.82, 2.24) is 24.8 Å². The quantitative estimate of drug-likeness (QED) is 0.385. The van der Waals surface area contributed by atoms with Crippen LogP contribution in [0.2, 0.25) is 0 Å². The molecule has 1 N–H and O–H groups in total. The molecular formula is C32H41N5O6. The Hall–Kier alpha value is -3.57. The van der Waals surface area contributed by atoms with E-state index >= 15 is 0 Å². The van der Waals surface area contributed by atoms with Gasteiger partial charge in [0.05, 0.1) is 30.7 Å². The van der Waals surface area contributed by atoms with Crippen LogP contribution < -0.4 is 0 Å². The van der Waals surface area contributed by atoms with Crippen molar-refractivity contribution < 1.29 is 29.0 Å². The summed E-state index contributed by atoms with van der Waals surface area (Å²) in [5.74, 6) is -2.94. The van der Waals surface area contributed by atoms with Gasteiger partial charge in [0, 0.05) is 6.54 Å². The first-order valence-electron chi connectivity index (χ1n) is 15.5. The highest BCUT2D eigenvalue weighted by Crippen LogP contribution is 2.58. The smallest absolute Gasteiger partial charge is 0.313 e. The lowest BCUT2D eigenvalue weighted by Gasteiger charge is -2.41. The number of fused-ring (bicyclic) bond motifs is 3. The summed E-state index contributed by atoms with van der Waals surface area (Å²) in [5.41, 5.74) is -1.04. The summed E-state index contributed by atoms with van der Waals surface area (Å²) < 4.78 is 14.4. The highest BCUT2D eigenvalue weighted by atomic mass is 16.6. The standard InChI is InChI=1S/C32H41N5O6/c1-4-31-14-9-5-6-10-17-42-30(41)26(31)25-28(39)37(22(19-38)18-21(2)3)27-29(40)35(16-11-15-32(25,27)43-31)20-36-24-13-8-7-12-23(24)33-34-36/h7-9,11-15,21-22,25-27,38H,4-6,10,16-20H2,1-3H3/b14-9-/t22-,25+,26-,27?,31+,32+/m1/s1. The first-order chi connectivity index (χ1) is 20.8. The van der Waals surface area contributed by atoms with Crippen LogP contribution >= 0.6 is 0 Å². The maximum Gasteiger partial charge on any atom is 0.313 e. The van der Waals surface area contributed by atoms with Crippen LogP contribution in [0, 0.1) is 17.8 Å². The molecule has 11 nitrogen and oxygen atoms in total. The summed E-state index contributed by atoms with van der Waals surface area (Å²) in [6.07, 6.45) is 10.9. The van der Waals surface area contributed by atoms with Crippen LogP contribution in [0.1, 0.15) is 52.9 Å². The summed E-state index contributed by atoms with van der Waals surface area (Å²) in [5, 5.41) is 19.1. The third kappa shape index (κ3) is 4.77. The van der Waals surface area contributed by atoms with Gasteiger partial charge in [-0.1, -0.05) is 62.4 Å². The molecule has 4 aliphatic rings. The molecule has 2 saturated heterocycles. The van der Waals surface area contributed by atoms with Crippen LogP contribution in [0.15, 0.2) is 48.6 Å². The highest BCUT2D eigenvalue weighted by molar-refractivity contribution is 5.99. The normalized spacial score (nSPS) is 32.4. The number of cyclic esters (lactones) is 1. The van der Waals surface area contributed by atoms with Crippen LogP contribution in [-0.4, -0.2) is 90.7 Å². The molecule has 1 spiro atoms. The molecular weight excluding hydrogens is 550 g/mol. The largest absolute Gasteiger partial charge is 0.465 e. The van der Waals surface area contributed by atoms with E-state index in [0.717, 1.165) is 24.8 Å². The maximum atomic E-state index is 14.7. The molecule has 2 fully saturated rings. The van der Waals surface area contributed by atoms with E-state index in [0.29, 0.717) is 18.4 Å². The number of likely N-dealkylation sites (tertiary alicyclic amines) is 1. The third-order valence-corrected chi connectivity index (χ3v) is 9.48. The first-order valence-corrected chi connectivity index (χ1v) is 15.5. The van der Waals surface area contributed by atoms with E-state index in [4.69, 9.17) is 9.47 Å². The van der Waals surface area contributed by atoms with Crippen molar-refractivity contribution in [2.75, 3.05) is 19.8 Å². The van der Waals surface area contributed by atoms with Crippen molar-refractivity contribution in [1.29, 1.82) is 0 Å². The van der Waals surface area contributed by atoms with Crippen LogP contribution in [-0.2, 0) is 30.5 Å². The van der Waals surface area contributed by atoms with Gasteiger partial charge in [-0.25, -0.2) is 4.68 Å². The SMILES string of the molecule is CC[C@]12/C=C\CCCCOC(=O)[C@H]1[C@H]1C(=O)N([C@@H](CO)CC(C)C)C3C(=O)N(Cn4nnc5ccccc54)CC=C[C@@]31O2. The zero-order valence-electron chi connectivity index (χ0n) is 25.1. The number of hydrogen-bond donors (Lipinski definition) is 1. The molecule has 6 atom stereocenters. The Morgan fingerprint density at radius 2 is 1.88 bits per heavy atom. The van der Waals surface area contributed by atoms with Crippen molar-refractivity contribution in [3.63, 3.8) is 0 Å². The average molecular weight is 592 g/mol. The van der Waals surface area contributed by atoms with Crippen molar-refractivity contribution in [3.05, 3.63) is 48.6 Å². The minimum absolute atomic E-state index is 0.112. The van der Waals surface area contributed by atoms with Crippen LogP contribution in [0.3, 0.4) is 0 Å². The van der Waals surface area contributed by atoms with E-state index in [-0.39, 0.29) is 44.2 Å². The molecule has 11 heteroatoms. The number of esters is 1. The number of allylic oxidation sites excluding steroid dienone is 1. The Kier molecular flexibility index (Phi) is 7.89. The second-order valence-corrected chi connectivity index (χ2v) is 12.6. The van der Waals surface area contributed by atoms with Crippen LogP contribution in [0.25, 0.3) is 11.0 Å². The van der Waals surface area contributed by atoms with Crippen molar-refractivity contribution >= 4 is 28.8 Å². The molecule has 6 rings (SSSR count). The van der Waals surface area contributed by atoms with Gasteiger partial charge in [-0.05, 0) is 50.2 Å². The molecule has 0 saturated carbocycles. The van der Waals surface area contributed by atoms with Crippen LogP contribution in [0.4, 0.5) is 0 Å². The molecule has 1 aromatic heterocycles. The summed E-state index contributed by atoms with van der Waals surface area (Å²) in [6, 6.07) is 5.81. The lowest BCUT2D eigenvalue weighted by Crippen LogP contribution is -2.59. The number of benzene rings is 1. The van der Waals surface area contributed by atoms with E-state index in [9.17, 15) is 19.5 Å². The summed E-state index contributed by atoms with van der Waals surface area (Å²) >= 11 is 0. The fourth-order valence-corrected chi connectivity index (χ4v) is 7.55. The summed E-state index contributed by atoms with van der Waals surface area (Å²) in [4.78, 5) is 46.4. The number of aliphatic hydroxyl groups excluding tert-OH is 1. The summed E-state index contributed by atoms with van der Waals surface area (Å²) in [6.45, 7) is 6.28. The Morgan fingerprint density at radius 3 is 2.65 bits per heavy atom. The number of amides is 2. The number of hydrogen-bond acceptors (Lipinski definition) is 8. The Morgan fingerprint density at radius 1 is 1.07 bits per heavy atom. The predicted octanol–water partition coefficient (Wildman–Crippen LogP) is 2.84. The predicted molar refractivity (Wildman–Crippen MR) is 157 cm³/mol. The molecule has 4 aliphatic heterocycles. The van der Waals surface area contributed by atoms with E-state index in [1.54, 1.807) is 9.58 Å². The fourth-order valence-electron chi connectivity index (χ4n) is 7.55. The second kappa shape index (κ2) is 11.5. The number of carbonyl (C=O) groups excluding carboxylic acids is 3. The van der Waals surface area contributed by atoms with Gasteiger partial charge in [0.15, 0.2) is 0 Å². The average Bonchev–Trinajstić information content (AvgIpc) is 3.57. The van der Waals surface area contributed by atoms with Crippen molar-refractivity contribution in [3.8, 4) is 0 Å². The number of rotatable bonds is 7. The Labute approximate surface area is 251 Å². The van der Waals surface area contributed by atoms with Gasteiger partial charge < -0.3 is 24.4 Å². The van der Waals surface area contributed by atoms with Gasteiger partial charge in [-0.3, -0.25) is 14.4 Å². The van der Waals surface area contributed by atoms with Crippen LogP contribution in [0.5, 0.6) is 0 Å². The molecule has 0 radical (unpaired) electrons. The molecule has 5 heterocycles. The van der Waals surface area contributed by atoms with Gasteiger partial charge in [0.2, 0.25) is 5.91 Å². The molecule has 43 heavy (non-hydrogen) atoms. The molecule has 1 unspecified atom stereocenters. The number of aromatic nitrogens is 3. The van der Waals surface area contributed by atoms with E-state index in [1.807, 2.05) is 69.3 Å². The minimum atomic E-state index is -1.42. The monoisotopic (exact) mass is 591 g/mol. The van der Waals surface area contributed by atoms with E-state index in [2.05, 4.69) is 10.3 Å². The molecule has 2 amide bonds. The lowest BCUT2D eigenvalue weighted by molar-refractivity contribution is -0.164. The van der Waals surface area contributed by atoms with Crippen molar-refractivity contribution in [2.45, 2.75) is 82.8 Å². The molecule has 230 valence electrons. The Balaban J connectivity index is 1.47. The zero-order chi connectivity index (χ0) is 30.4. The van der Waals surface area contributed by atoms with Gasteiger partial charge in [0.25, 0.3) is 5.91 Å². The van der Waals surface area contributed by atoms with E-state index in [1.165, 1.54) is 4.90 Å². The van der Waals surface area contributed by atoms with Gasteiger partial charge in [-0.2, -0.15) is 0 Å². The minimum Gasteiger partial charge on any atom is -0.465 e. The second-order valence-electron chi connectivity index (χ2n) is 12.6. The zero-order valence-corrected chi connectivity index (χ0v) is 25.1. The number of para-hydroxylation sites is 1. The first kappa shape index (κ1) is 29.5. The highest BCUT2D eigenvalue weighted by Gasteiger charge is 2.75. The van der Waals surface area contributed by atoms with E-state index < -0.39 is 41.1 Å².